The summed E-state index contributed by atoms with van der Waals surface area (Å²) in [7, 11) is 0. The Kier molecular flexibility index (Phi) is 3.82. The molecule has 5 nitrogen and oxygen atoms in total. The van der Waals surface area contributed by atoms with Gasteiger partial charge in [-0.05, 0) is 32.7 Å². The Hall–Kier alpha value is -1.04. The van der Waals surface area contributed by atoms with Gasteiger partial charge in [0.1, 0.15) is 0 Å². The van der Waals surface area contributed by atoms with Crippen LogP contribution in [0, 0.1) is 0 Å². The lowest BCUT2D eigenvalue weighted by atomic mass is 10.1. The van der Waals surface area contributed by atoms with E-state index in [0.717, 1.165) is 30.7 Å². The van der Waals surface area contributed by atoms with E-state index in [1.54, 1.807) is 0 Å². The number of aromatic nitrogens is 2. The van der Waals surface area contributed by atoms with Crippen molar-refractivity contribution in [1.82, 2.24) is 20.8 Å². The van der Waals surface area contributed by atoms with E-state index < -0.39 is 0 Å². The summed E-state index contributed by atoms with van der Waals surface area (Å²) in [5.74, 6) is 0. The van der Waals surface area contributed by atoms with Gasteiger partial charge < -0.3 is 5.73 Å². The van der Waals surface area contributed by atoms with Crippen LogP contribution in [0.1, 0.15) is 37.2 Å². The third-order valence-corrected chi connectivity index (χ3v) is 2.81. The SMILES string of the molecule is CC1CC(c2cnc(CCCN)cn2)NN1. The molecule has 2 atom stereocenters. The number of nitrogens with zero attached hydrogens (tertiary/aromatic N) is 2. The topological polar surface area (TPSA) is 75.9 Å². The second-order valence-electron chi connectivity index (χ2n) is 4.30. The first-order valence-corrected chi connectivity index (χ1v) is 5.81. The van der Waals surface area contributed by atoms with Crippen LogP contribution in [-0.2, 0) is 6.42 Å². The van der Waals surface area contributed by atoms with Gasteiger partial charge in [-0.1, -0.05) is 0 Å². The average molecular weight is 221 g/mol. The van der Waals surface area contributed by atoms with Crippen LogP contribution in [0.4, 0.5) is 0 Å². The third-order valence-electron chi connectivity index (χ3n) is 2.81. The Morgan fingerprint density at radius 1 is 1.38 bits per heavy atom. The van der Waals surface area contributed by atoms with Crippen molar-refractivity contribution < 1.29 is 0 Å². The molecule has 2 heterocycles. The fourth-order valence-electron chi connectivity index (χ4n) is 1.87. The van der Waals surface area contributed by atoms with Gasteiger partial charge >= 0.3 is 0 Å². The van der Waals surface area contributed by atoms with Crippen molar-refractivity contribution in [3.63, 3.8) is 0 Å². The summed E-state index contributed by atoms with van der Waals surface area (Å²) >= 11 is 0. The molecule has 0 saturated carbocycles. The Morgan fingerprint density at radius 2 is 2.25 bits per heavy atom. The van der Waals surface area contributed by atoms with Gasteiger partial charge in [0.2, 0.25) is 0 Å². The van der Waals surface area contributed by atoms with Gasteiger partial charge in [-0.2, -0.15) is 0 Å². The molecule has 4 N–H and O–H groups in total. The third kappa shape index (κ3) is 2.75. The van der Waals surface area contributed by atoms with E-state index in [9.17, 15) is 0 Å². The molecule has 0 aromatic carbocycles. The Morgan fingerprint density at radius 3 is 2.81 bits per heavy atom. The van der Waals surface area contributed by atoms with Crippen LogP contribution in [-0.4, -0.2) is 22.6 Å². The summed E-state index contributed by atoms with van der Waals surface area (Å²) in [5.41, 5.74) is 13.9. The second kappa shape index (κ2) is 5.34. The number of nitrogens with one attached hydrogen (secondary N) is 2. The van der Waals surface area contributed by atoms with E-state index in [0.29, 0.717) is 12.6 Å². The number of hydrazine groups is 1. The minimum atomic E-state index is 0.283. The normalized spacial score (nSPS) is 24.9. The van der Waals surface area contributed by atoms with E-state index in [2.05, 4.69) is 27.7 Å². The molecule has 1 fully saturated rings. The zero-order chi connectivity index (χ0) is 11.4. The summed E-state index contributed by atoms with van der Waals surface area (Å²) < 4.78 is 0. The molecule has 1 aliphatic rings. The highest BCUT2D eigenvalue weighted by atomic mass is 15.4. The molecule has 5 heteroatoms. The number of hydrogen-bond acceptors (Lipinski definition) is 5. The van der Waals surface area contributed by atoms with Crippen LogP contribution in [0.3, 0.4) is 0 Å². The minimum Gasteiger partial charge on any atom is -0.330 e. The van der Waals surface area contributed by atoms with Crippen LogP contribution >= 0.6 is 0 Å². The van der Waals surface area contributed by atoms with Gasteiger partial charge in [0.05, 0.1) is 23.6 Å². The van der Waals surface area contributed by atoms with Crippen molar-refractivity contribution in [2.45, 2.75) is 38.3 Å². The molecular weight excluding hydrogens is 202 g/mol. The molecule has 0 bridgehead atoms. The lowest BCUT2D eigenvalue weighted by Crippen LogP contribution is -2.29. The monoisotopic (exact) mass is 221 g/mol. The molecule has 0 amide bonds. The highest BCUT2D eigenvalue weighted by molar-refractivity contribution is 5.08. The number of nitrogens with two attached hydrogens (primary N) is 1. The molecule has 2 unspecified atom stereocenters. The van der Waals surface area contributed by atoms with Crippen molar-refractivity contribution in [2.75, 3.05) is 6.54 Å². The molecule has 1 aromatic heterocycles. The fraction of sp³-hybridized carbons (Fsp3) is 0.636. The smallest absolute Gasteiger partial charge is 0.0770 e. The van der Waals surface area contributed by atoms with Gasteiger partial charge in [0.15, 0.2) is 0 Å². The molecule has 0 spiro atoms. The van der Waals surface area contributed by atoms with Gasteiger partial charge in [-0.15, -0.1) is 0 Å². The van der Waals surface area contributed by atoms with Crippen LogP contribution in [0.25, 0.3) is 0 Å². The van der Waals surface area contributed by atoms with E-state index in [1.807, 2.05) is 12.4 Å². The van der Waals surface area contributed by atoms with Gasteiger partial charge in [-0.25, -0.2) is 5.43 Å². The van der Waals surface area contributed by atoms with Crippen molar-refractivity contribution in [3.8, 4) is 0 Å². The van der Waals surface area contributed by atoms with Crippen molar-refractivity contribution in [2.24, 2.45) is 5.73 Å². The molecule has 1 aliphatic heterocycles. The molecule has 16 heavy (non-hydrogen) atoms. The maximum atomic E-state index is 5.45. The van der Waals surface area contributed by atoms with Crippen LogP contribution in [0.5, 0.6) is 0 Å². The van der Waals surface area contributed by atoms with E-state index in [1.165, 1.54) is 0 Å². The predicted molar refractivity (Wildman–Crippen MR) is 62.5 cm³/mol. The van der Waals surface area contributed by atoms with E-state index in [-0.39, 0.29) is 6.04 Å². The zero-order valence-electron chi connectivity index (χ0n) is 9.61. The maximum Gasteiger partial charge on any atom is 0.0770 e. The number of hydrogen-bond donors (Lipinski definition) is 3. The van der Waals surface area contributed by atoms with Crippen molar-refractivity contribution in [3.05, 3.63) is 23.8 Å². The second-order valence-corrected chi connectivity index (χ2v) is 4.30. The molecular formula is C11H19N5. The lowest BCUT2D eigenvalue weighted by molar-refractivity contribution is 0.551. The molecule has 1 saturated heterocycles. The minimum absolute atomic E-state index is 0.283. The number of aryl methyl sites for hydroxylation is 1. The molecule has 0 radical (unpaired) electrons. The Labute approximate surface area is 95.8 Å². The quantitative estimate of drug-likeness (QED) is 0.681. The average Bonchev–Trinajstić information content (AvgIpc) is 2.74. The first-order chi connectivity index (χ1) is 7.79. The van der Waals surface area contributed by atoms with Gasteiger partial charge in [-0.3, -0.25) is 15.4 Å². The van der Waals surface area contributed by atoms with Gasteiger partial charge in [0, 0.05) is 12.2 Å². The van der Waals surface area contributed by atoms with Crippen molar-refractivity contribution >= 4 is 0 Å². The Balaban J connectivity index is 1.96. The van der Waals surface area contributed by atoms with E-state index in [4.69, 9.17) is 5.73 Å². The van der Waals surface area contributed by atoms with Crippen LogP contribution in [0.15, 0.2) is 12.4 Å². The standard InChI is InChI=1S/C11H19N5/c1-8-5-10(16-15-8)11-7-13-9(6-14-11)3-2-4-12/h6-8,10,15-16H,2-5,12H2,1H3. The van der Waals surface area contributed by atoms with E-state index >= 15 is 0 Å². The number of rotatable bonds is 4. The predicted octanol–water partition coefficient (Wildman–Crippen LogP) is 0.295. The summed E-state index contributed by atoms with van der Waals surface area (Å²) in [6, 6.07) is 0.773. The molecule has 2 rings (SSSR count). The van der Waals surface area contributed by atoms with Crippen LogP contribution in [0.2, 0.25) is 0 Å². The first kappa shape index (κ1) is 11.4. The Bertz CT molecular complexity index is 324. The molecule has 88 valence electrons. The molecule has 0 aliphatic carbocycles. The van der Waals surface area contributed by atoms with Crippen molar-refractivity contribution in [1.29, 1.82) is 0 Å². The maximum absolute atomic E-state index is 5.45. The summed E-state index contributed by atoms with van der Waals surface area (Å²) in [6.07, 6.45) is 6.65. The lowest BCUT2D eigenvalue weighted by Gasteiger charge is -2.08. The summed E-state index contributed by atoms with van der Waals surface area (Å²) in [5, 5.41) is 0. The largest absolute Gasteiger partial charge is 0.330 e. The highest BCUT2D eigenvalue weighted by Crippen LogP contribution is 2.19. The molecule has 1 aromatic rings. The highest BCUT2D eigenvalue weighted by Gasteiger charge is 2.22. The zero-order valence-corrected chi connectivity index (χ0v) is 9.61. The summed E-state index contributed by atoms with van der Waals surface area (Å²) in [6.45, 7) is 2.85. The summed E-state index contributed by atoms with van der Waals surface area (Å²) in [4.78, 5) is 8.84. The van der Waals surface area contributed by atoms with Gasteiger partial charge in [0.25, 0.3) is 0 Å². The van der Waals surface area contributed by atoms with Crippen LogP contribution < -0.4 is 16.6 Å². The first-order valence-electron chi connectivity index (χ1n) is 5.81. The fourth-order valence-corrected chi connectivity index (χ4v) is 1.87.